The van der Waals surface area contributed by atoms with Gasteiger partial charge in [-0.25, -0.2) is 14.6 Å². The van der Waals surface area contributed by atoms with E-state index < -0.39 is 24.0 Å². The molecule has 1 aliphatic rings. The number of halogens is 3. The van der Waals surface area contributed by atoms with E-state index in [1.807, 2.05) is 30.3 Å². The number of carbonyl (C=O) groups excluding carboxylic acids is 1. The quantitative estimate of drug-likeness (QED) is 0.253. The van der Waals surface area contributed by atoms with Crippen LogP contribution in [0.2, 0.25) is 0 Å². The van der Waals surface area contributed by atoms with Crippen molar-refractivity contribution >= 4 is 35.0 Å². The first-order valence-electron chi connectivity index (χ1n) is 11.4. The second kappa shape index (κ2) is 10.5. The molecule has 1 aromatic heterocycles. The molecule has 4 aromatic rings. The number of carbonyl (C=O) groups is 3. The lowest BCUT2D eigenvalue weighted by Crippen LogP contribution is -2.45. The van der Waals surface area contributed by atoms with Crippen LogP contribution in [0.15, 0.2) is 72.8 Å². The number of anilines is 1. The first kappa shape index (κ1) is 27.1. The molecule has 0 saturated carbocycles. The van der Waals surface area contributed by atoms with Crippen LogP contribution < -0.4 is 5.32 Å². The average Bonchev–Trinajstić information content (AvgIpc) is 3.38. The average molecular weight is 542 g/mol. The second-order valence-electron chi connectivity index (χ2n) is 8.46. The van der Waals surface area contributed by atoms with E-state index in [1.165, 1.54) is 4.90 Å². The van der Waals surface area contributed by atoms with Crippen molar-refractivity contribution in [3.63, 3.8) is 0 Å². The number of amides is 2. The summed E-state index contributed by atoms with van der Waals surface area (Å²) < 4.78 is 31.7. The van der Waals surface area contributed by atoms with Gasteiger partial charge in [-0.3, -0.25) is 10.1 Å². The number of aromatic nitrogens is 2. The number of nitrogens with zero attached hydrogens (tertiary/aromatic N) is 2. The highest BCUT2D eigenvalue weighted by Gasteiger charge is 2.49. The summed E-state index contributed by atoms with van der Waals surface area (Å²) in [5.41, 5.74) is 1.94. The largest absolute Gasteiger partial charge is 0.490 e. The van der Waals surface area contributed by atoms with Crippen molar-refractivity contribution in [2.24, 2.45) is 0 Å². The van der Waals surface area contributed by atoms with Gasteiger partial charge in [-0.1, -0.05) is 54.6 Å². The van der Waals surface area contributed by atoms with Gasteiger partial charge in [0.2, 0.25) is 5.95 Å². The zero-order chi connectivity index (χ0) is 28.4. The molecule has 2 heterocycles. The number of benzene rings is 3. The minimum absolute atomic E-state index is 0.0838. The predicted octanol–water partition coefficient (Wildman–Crippen LogP) is 4.18. The van der Waals surface area contributed by atoms with E-state index in [0.29, 0.717) is 40.7 Å². The van der Waals surface area contributed by atoms with Crippen molar-refractivity contribution < 1.29 is 42.9 Å². The molecule has 10 nitrogen and oxygen atoms in total. The molecular weight excluding hydrogens is 521 g/mol. The SMILES string of the molecule is O=C(O)C(F)(F)F.O=C(O)Nc1nc2ccc(C3(O)c4ccccc4C(=O)N3CCc3ccccc3)cc2[nH]1. The van der Waals surface area contributed by atoms with Gasteiger partial charge in [-0.15, -0.1) is 0 Å². The normalized spacial score (nSPS) is 16.4. The van der Waals surface area contributed by atoms with Crippen LogP contribution in [-0.4, -0.2) is 60.9 Å². The Kier molecular flexibility index (Phi) is 7.27. The fourth-order valence-corrected chi connectivity index (χ4v) is 4.26. The highest BCUT2D eigenvalue weighted by atomic mass is 19.4. The monoisotopic (exact) mass is 542 g/mol. The van der Waals surface area contributed by atoms with Gasteiger partial charge in [0.15, 0.2) is 5.72 Å². The third-order valence-corrected chi connectivity index (χ3v) is 5.99. The Morgan fingerprint density at radius 3 is 2.28 bits per heavy atom. The van der Waals surface area contributed by atoms with Crippen LogP contribution in [0.25, 0.3) is 11.0 Å². The van der Waals surface area contributed by atoms with E-state index in [4.69, 9.17) is 15.0 Å². The van der Waals surface area contributed by atoms with Crippen LogP contribution in [-0.2, 0) is 16.9 Å². The summed E-state index contributed by atoms with van der Waals surface area (Å²) in [5.74, 6) is -2.91. The van der Waals surface area contributed by atoms with Gasteiger partial charge in [-0.05, 0) is 30.2 Å². The molecule has 0 spiro atoms. The van der Waals surface area contributed by atoms with Gasteiger partial charge >= 0.3 is 18.2 Å². The van der Waals surface area contributed by atoms with E-state index in [1.54, 1.807) is 42.5 Å². The molecule has 1 unspecified atom stereocenters. The molecule has 1 atom stereocenters. The number of carboxylic acid groups (broad SMARTS) is 2. The molecule has 5 rings (SSSR count). The van der Waals surface area contributed by atoms with Crippen molar-refractivity contribution in [3.05, 3.63) is 95.1 Å². The summed E-state index contributed by atoms with van der Waals surface area (Å²) >= 11 is 0. The van der Waals surface area contributed by atoms with Crippen molar-refractivity contribution in [1.29, 1.82) is 0 Å². The summed E-state index contributed by atoms with van der Waals surface area (Å²) in [6, 6.07) is 21.9. The molecule has 3 aromatic carbocycles. The van der Waals surface area contributed by atoms with Gasteiger partial charge in [0.05, 0.1) is 11.0 Å². The van der Waals surface area contributed by atoms with Crippen molar-refractivity contribution in [2.45, 2.75) is 18.3 Å². The lowest BCUT2D eigenvalue weighted by Gasteiger charge is -2.35. The van der Waals surface area contributed by atoms with E-state index in [0.717, 1.165) is 5.56 Å². The number of imidazole rings is 1. The number of aliphatic carboxylic acids is 1. The maximum atomic E-state index is 13.3. The summed E-state index contributed by atoms with van der Waals surface area (Å²) in [5, 5.41) is 30.2. The maximum Gasteiger partial charge on any atom is 0.490 e. The molecule has 202 valence electrons. The van der Waals surface area contributed by atoms with Crippen LogP contribution in [0.3, 0.4) is 0 Å². The predicted molar refractivity (Wildman–Crippen MR) is 132 cm³/mol. The number of H-pyrrole nitrogens is 1. The minimum atomic E-state index is -5.08. The van der Waals surface area contributed by atoms with Crippen molar-refractivity contribution in [2.75, 3.05) is 11.9 Å². The van der Waals surface area contributed by atoms with E-state index in [-0.39, 0.29) is 11.9 Å². The molecule has 0 saturated heterocycles. The molecular formula is C26H21F3N4O6. The lowest BCUT2D eigenvalue weighted by atomic mass is 9.93. The van der Waals surface area contributed by atoms with Crippen LogP contribution in [0.4, 0.5) is 23.9 Å². The first-order chi connectivity index (χ1) is 18.4. The number of aromatic amines is 1. The number of carboxylic acids is 1. The Hall–Kier alpha value is -4.91. The van der Waals surface area contributed by atoms with Crippen molar-refractivity contribution in [1.82, 2.24) is 14.9 Å². The summed E-state index contributed by atoms with van der Waals surface area (Å²) in [6.45, 7) is 0.320. The molecule has 5 N–H and O–H groups in total. The van der Waals surface area contributed by atoms with Gasteiger partial charge in [0.25, 0.3) is 5.91 Å². The maximum absolute atomic E-state index is 13.3. The fourth-order valence-electron chi connectivity index (χ4n) is 4.26. The first-order valence-corrected chi connectivity index (χ1v) is 11.4. The van der Waals surface area contributed by atoms with Gasteiger partial charge in [0, 0.05) is 23.2 Å². The third-order valence-electron chi connectivity index (χ3n) is 5.99. The van der Waals surface area contributed by atoms with Gasteiger partial charge in [-0.2, -0.15) is 13.2 Å². The molecule has 1 aliphatic heterocycles. The Balaban J connectivity index is 0.000000448. The van der Waals surface area contributed by atoms with Crippen LogP contribution in [0, 0.1) is 0 Å². The number of rotatable bonds is 5. The Labute approximate surface area is 218 Å². The highest BCUT2D eigenvalue weighted by molar-refractivity contribution is 6.00. The smallest absolute Gasteiger partial charge is 0.475 e. The standard InChI is InChI=1S/C24H20N4O4.C2HF3O2/c29-21-17-8-4-5-9-18(17)24(32,28(21)13-12-15-6-2-1-3-7-15)16-10-11-19-20(14-16)26-22(25-19)27-23(30)31;3-2(4,5)1(6)7/h1-11,14,32H,12-13H2,(H,30,31)(H2,25,26,27);(H,6,7). The molecule has 0 bridgehead atoms. The minimum Gasteiger partial charge on any atom is -0.475 e. The Bertz CT molecular complexity index is 1540. The molecule has 39 heavy (non-hydrogen) atoms. The van der Waals surface area contributed by atoms with Crippen molar-refractivity contribution in [3.8, 4) is 0 Å². The number of alkyl halides is 3. The molecule has 13 heteroatoms. The Morgan fingerprint density at radius 2 is 1.64 bits per heavy atom. The summed E-state index contributed by atoms with van der Waals surface area (Å²) in [4.78, 5) is 41.7. The van der Waals surface area contributed by atoms with Gasteiger partial charge < -0.3 is 25.2 Å². The number of hydrogen-bond donors (Lipinski definition) is 5. The Morgan fingerprint density at radius 1 is 1.00 bits per heavy atom. The highest BCUT2D eigenvalue weighted by Crippen LogP contribution is 2.42. The third kappa shape index (κ3) is 5.52. The number of nitrogens with one attached hydrogen (secondary N) is 2. The topological polar surface area (TPSA) is 156 Å². The van der Waals surface area contributed by atoms with Crippen LogP contribution in [0.1, 0.15) is 27.0 Å². The number of aliphatic hydroxyl groups is 1. The molecule has 0 fully saturated rings. The molecule has 0 aliphatic carbocycles. The number of hydrogen-bond acceptors (Lipinski definition) is 5. The fraction of sp³-hybridized carbons (Fsp3) is 0.154. The number of fused-ring (bicyclic) bond motifs is 2. The van der Waals surface area contributed by atoms with Crippen LogP contribution >= 0.6 is 0 Å². The second-order valence-corrected chi connectivity index (χ2v) is 8.46. The molecule has 2 amide bonds. The summed E-state index contributed by atoms with van der Waals surface area (Å²) in [7, 11) is 0. The van der Waals surface area contributed by atoms with E-state index in [9.17, 15) is 27.9 Å². The van der Waals surface area contributed by atoms with Gasteiger partial charge in [0.1, 0.15) is 0 Å². The van der Waals surface area contributed by atoms with E-state index >= 15 is 0 Å². The zero-order valence-corrected chi connectivity index (χ0v) is 19.9. The summed E-state index contributed by atoms with van der Waals surface area (Å²) in [6.07, 6.45) is -5.73. The lowest BCUT2D eigenvalue weighted by molar-refractivity contribution is -0.192. The zero-order valence-electron chi connectivity index (χ0n) is 19.9. The van der Waals surface area contributed by atoms with Crippen LogP contribution in [0.5, 0.6) is 0 Å². The molecule has 0 radical (unpaired) electrons. The van der Waals surface area contributed by atoms with E-state index in [2.05, 4.69) is 15.3 Å².